The third kappa shape index (κ3) is 7.44. The predicted molar refractivity (Wildman–Crippen MR) is 140 cm³/mol. The first-order valence-electron chi connectivity index (χ1n) is 11.5. The molecule has 0 aliphatic carbocycles. The van der Waals surface area contributed by atoms with E-state index in [0.29, 0.717) is 5.57 Å². The second-order valence-electron chi connectivity index (χ2n) is 8.12. The molecule has 1 fully saturated rings. The molecule has 3 rings (SSSR count). The zero-order chi connectivity index (χ0) is 29.6. The van der Waals surface area contributed by atoms with E-state index < -0.39 is 53.4 Å². The number of hydrogen-bond acceptors (Lipinski definition) is 15. The summed E-state index contributed by atoms with van der Waals surface area (Å²) in [5, 5.41) is 6.94. The molecule has 2 unspecified atom stereocenters. The van der Waals surface area contributed by atoms with Gasteiger partial charge in [0.15, 0.2) is 10.8 Å². The van der Waals surface area contributed by atoms with Crippen molar-refractivity contribution in [2.75, 3.05) is 18.1 Å². The van der Waals surface area contributed by atoms with E-state index in [2.05, 4.69) is 20.3 Å². The molecule has 1 saturated heterocycles. The van der Waals surface area contributed by atoms with Gasteiger partial charge in [0.25, 0.3) is 11.8 Å². The van der Waals surface area contributed by atoms with E-state index >= 15 is 0 Å². The lowest BCUT2D eigenvalue weighted by Gasteiger charge is -2.49. The Morgan fingerprint density at radius 3 is 2.52 bits per heavy atom. The van der Waals surface area contributed by atoms with E-state index in [1.54, 1.807) is 0 Å². The number of allylic oxidation sites excluding steroid dienone is 1. The summed E-state index contributed by atoms with van der Waals surface area (Å²) in [6.07, 6.45) is 1.75. The number of ether oxygens (including phenoxy) is 3. The molecule has 2 amide bonds. The van der Waals surface area contributed by atoms with Crippen LogP contribution in [0.2, 0.25) is 0 Å². The first kappa shape index (κ1) is 30.3. The van der Waals surface area contributed by atoms with Crippen LogP contribution in [0.4, 0.5) is 5.13 Å². The van der Waals surface area contributed by atoms with Gasteiger partial charge in [-0.1, -0.05) is 11.2 Å². The van der Waals surface area contributed by atoms with Crippen molar-refractivity contribution in [1.29, 1.82) is 0 Å². The van der Waals surface area contributed by atoms with Crippen LogP contribution in [0.5, 0.6) is 0 Å². The SMILES string of the molecule is CC(=O)OC/C=C\C1=C(C(=O)OC(C)OC(C)=O)N2C(=O)C(NC(=O)/C(=N\OC(C)=O)c3csc(N)n3)[C@H]2SC1. The molecule has 15 nitrogen and oxygen atoms in total. The molecule has 17 heteroatoms. The third-order valence-electron chi connectivity index (χ3n) is 5.03. The fourth-order valence-electron chi connectivity index (χ4n) is 3.50. The number of β-lactam (4-membered cyclic amide) rings is 1. The van der Waals surface area contributed by atoms with Gasteiger partial charge in [-0.3, -0.25) is 24.1 Å². The summed E-state index contributed by atoms with van der Waals surface area (Å²) in [7, 11) is 0. The normalized spacial score (nSPS) is 19.4. The number of amides is 2. The minimum absolute atomic E-state index is 0.0324. The molecule has 3 N–H and O–H groups in total. The Hall–Kier alpha value is -4.25. The predicted octanol–water partition coefficient (Wildman–Crippen LogP) is 0.218. The summed E-state index contributed by atoms with van der Waals surface area (Å²) in [5.74, 6) is -4.21. The van der Waals surface area contributed by atoms with Gasteiger partial charge in [0.05, 0.1) is 0 Å². The molecule has 0 bridgehead atoms. The smallest absolute Gasteiger partial charge is 0.358 e. The monoisotopic (exact) mass is 595 g/mol. The number of nitrogens with one attached hydrogen (secondary N) is 1. The quantitative estimate of drug-likeness (QED) is 0.0928. The minimum atomic E-state index is -1.24. The Kier molecular flexibility index (Phi) is 10.0. The maximum atomic E-state index is 13.2. The van der Waals surface area contributed by atoms with Crippen LogP contribution < -0.4 is 11.1 Å². The number of carbonyl (C=O) groups excluding carboxylic acids is 6. The topological polar surface area (TPSA) is 206 Å². The van der Waals surface area contributed by atoms with E-state index in [1.165, 1.54) is 43.1 Å². The van der Waals surface area contributed by atoms with Crippen molar-refractivity contribution >= 4 is 69.6 Å². The lowest BCUT2D eigenvalue weighted by molar-refractivity contribution is -0.182. The summed E-state index contributed by atoms with van der Waals surface area (Å²) in [5.41, 5.74) is 5.54. The van der Waals surface area contributed by atoms with Crippen molar-refractivity contribution in [3.63, 3.8) is 0 Å². The highest BCUT2D eigenvalue weighted by molar-refractivity contribution is 8.00. The molecule has 0 spiro atoms. The fraction of sp³-hybridized carbons (Fsp3) is 0.391. The van der Waals surface area contributed by atoms with Crippen LogP contribution in [0.1, 0.15) is 33.4 Å². The van der Waals surface area contributed by atoms with Crippen molar-refractivity contribution in [3.8, 4) is 0 Å². The highest BCUT2D eigenvalue weighted by Crippen LogP contribution is 2.41. The zero-order valence-electron chi connectivity index (χ0n) is 21.7. The van der Waals surface area contributed by atoms with Crippen LogP contribution in [0.3, 0.4) is 0 Å². The van der Waals surface area contributed by atoms with Gasteiger partial charge in [0, 0.05) is 38.8 Å². The first-order valence-corrected chi connectivity index (χ1v) is 13.5. The third-order valence-corrected chi connectivity index (χ3v) is 7.01. The number of esters is 3. The molecular weight excluding hydrogens is 570 g/mol. The summed E-state index contributed by atoms with van der Waals surface area (Å²) in [6, 6.07) is -1.09. The molecule has 0 radical (unpaired) electrons. The molecular formula is C23H25N5O10S2. The number of nitrogens with zero attached hydrogens (tertiary/aromatic N) is 3. The highest BCUT2D eigenvalue weighted by atomic mass is 32.2. The molecule has 0 saturated carbocycles. The molecule has 214 valence electrons. The molecule has 40 heavy (non-hydrogen) atoms. The molecule has 2 aliphatic heterocycles. The van der Waals surface area contributed by atoms with Gasteiger partial charge in [-0.2, -0.15) is 0 Å². The number of carbonyl (C=O) groups is 6. The minimum Gasteiger partial charge on any atom is -0.462 e. The second kappa shape index (κ2) is 13.2. The maximum Gasteiger partial charge on any atom is 0.358 e. The van der Waals surface area contributed by atoms with Crippen LogP contribution in [0.15, 0.2) is 34.0 Å². The number of oxime groups is 1. The molecule has 3 heterocycles. The Balaban J connectivity index is 1.84. The lowest BCUT2D eigenvalue weighted by atomic mass is 10.0. The van der Waals surface area contributed by atoms with Gasteiger partial charge in [0.2, 0.25) is 6.29 Å². The average molecular weight is 596 g/mol. The fourth-order valence-corrected chi connectivity index (χ4v) is 5.37. The van der Waals surface area contributed by atoms with Crippen LogP contribution in [-0.2, 0) is 47.8 Å². The van der Waals surface area contributed by atoms with E-state index in [9.17, 15) is 28.8 Å². The maximum absolute atomic E-state index is 13.2. The second-order valence-corrected chi connectivity index (χ2v) is 10.1. The van der Waals surface area contributed by atoms with Crippen molar-refractivity contribution in [3.05, 3.63) is 34.5 Å². The zero-order valence-corrected chi connectivity index (χ0v) is 23.3. The molecule has 1 aromatic heterocycles. The molecule has 1 aromatic rings. The average Bonchev–Trinajstić information content (AvgIpc) is 3.29. The lowest BCUT2D eigenvalue weighted by Crippen LogP contribution is -2.71. The molecule has 3 atom stereocenters. The molecule has 0 aromatic carbocycles. The number of anilines is 1. The van der Waals surface area contributed by atoms with Gasteiger partial charge < -0.3 is 30.1 Å². The summed E-state index contributed by atoms with van der Waals surface area (Å²) >= 11 is 2.27. The van der Waals surface area contributed by atoms with E-state index in [-0.39, 0.29) is 34.6 Å². The number of fused-ring (bicyclic) bond motifs is 1. The standard InChI is InChI=1S/C23H25N5O10S2/c1-10(29)35-7-5-6-14-8-39-21-17(20(33)28(21)18(14)22(34)37-13(4)36-11(2)30)26-19(32)16(27-38-12(3)31)15-9-40-23(24)25-15/h5-6,9,13,17,21H,7-8H2,1-4H3,(H2,24,25)(H,26,32)/b6-5-,27-16-/t13?,17?,21-/m1/s1. The van der Waals surface area contributed by atoms with Crippen LogP contribution in [0.25, 0.3) is 0 Å². The number of aromatic nitrogens is 1. The van der Waals surface area contributed by atoms with Gasteiger partial charge in [-0.15, -0.1) is 23.1 Å². The summed E-state index contributed by atoms with van der Waals surface area (Å²) in [6.45, 7) is 4.74. The van der Waals surface area contributed by atoms with Gasteiger partial charge in [-0.25, -0.2) is 14.6 Å². The van der Waals surface area contributed by atoms with Crippen LogP contribution in [-0.4, -0.2) is 81.4 Å². The van der Waals surface area contributed by atoms with E-state index in [0.717, 1.165) is 30.1 Å². The Morgan fingerprint density at radius 2 is 1.93 bits per heavy atom. The van der Waals surface area contributed by atoms with Crippen LogP contribution in [0, 0.1) is 0 Å². The highest BCUT2D eigenvalue weighted by Gasteiger charge is 2.54. The van der Waals surface area contributed by atoms with Gasteiger partial charge in [-0.05, 0) is 11.6 Å². The van der Waals surface area contributed by atoms with Gasteiger partial charge >= 0.3 is 23.9 Å². The largest absolute Gasteiger partial charge is 0.462 e. The van der Waals surface area contributed by atoms with E-state index in [4.69, 9.17) is 19.9 Å². The number of thioether (sulfide) groups is 1. The first-order chi connectivity index (χ1) is 18.9. The summed E-state index contributed by atoms with van der Waals surface area (Å²) in [4.78, 5) is 82.6. The summed E-state index contributed by atoms with van der Waals surface area (Å²) < 4.78 is 14.9. The number of nitrogens with two attached hydrogens (primary N) is 1. The Labute approximate surface area is 235 Å². The Bertz CT molecular complexity index is 1320. The number of thiazole rings is 1. The van der Waals surface area contributed by atoms with Crippen molar-refractivity contribution in [2.24, 2.45) is 5.16 Å². The van der Waals surface area contributed by atoms with Crippen LogP contribution >= 0.6 is 23.1 Å². The number of nitrogen functional groups attached to an aromatic ring is 1. The van der Waals surface area contributed by atoms with Crippen molar-refractivity contribution in [1.82, 2.24) is 15.2 Å². The molecule has 2 aliphatic rings. The number of rotatable bonds is 10. The number of hydrogen-bond donors (Lipinski definition) is 2. The van der Waals surface area contributed by atoms with Gasteiger partial charge in [0.1, 0.15) is 29.4 Å². The van der Waals surface area contributed by atoms with E-state index in [1.807, 2.05) is 0 Å². The van der Waals surface area contributed by atoms with Crippen molar-refractivity contribution in [2.45, 2.75) is 45.4 Å². The van der Waals surface area contributed by atoms with Crippen molar-refractivity contribution < 1.29 is 47.8 Å². The Morgan fingerprint density at radius 1 is 1.20 bits per heavy atom.